The van der Waals surface area contributed by atoms with Crippen molar-refractivity contribution in [3.63, 3.8) is 0 Å². The maximum atomic E-state index is 12.5. The lowest BCUT2D eigenvalue weighted by Crippen LogP contribution is -2.54. The van der Waals surface area contributed by atoms with Crippen LogP contribution in [0.3, 0.4) is 0 Å². The zero-order chi connectivity index (χ0) is 15.5. The van der Waals surface area contributed by atoms with E-state index in [0.29, 0.717) is 25.6 Å². The van der Waals surface area contributed by atoms with Crippen molar-refractivity contribution in [2.75, 3.05) is 13.1 Å². The van der Waals surface area contributed by atoms with Gasteiger partial charge in [-0.05, 0) is 25.7 Å². The third kappa shape index (κ3) is 3.39. The number of nitrogens with one attached hydrogen (secondary N) is 1. The van der Waals surface area contributed by atoms with Gasteiger partial charge in [-0.3, -0.25) is 9.59 Å². The summed E-state index contributed by atoms with van der Waals surface area (Å²) in [6.45, 7) is 5.12. The van der Waals surface area contributed by atoms with Crippen LogP contribution in [-0.4, -0.2) is 41.4 Å². The minimum absolute atomic E-state index is 0.00185. The normalized spacial score (nSPS) is 23.9. The van der Waals surface area contributed by atoms with Gasteiger partial charge >= 0.3 is 0 Å². The average molecular weight is 295 g/mol. The zero-order valence-corrected chi connectivity index (χ0v) is 13.4. The fourth-order valence-corrected chi connectivity index (χ4v) is 3.61. The molecule has 1 aliphatic heterocycles. The molecule has 5 heteroatoms. The summed E-state index contributed by atoms with van der Waals surface area (Å²) in [6, 6.07) is 0.368. The summed E-state index contributed by atoms with van der Waals surface area (Å²) in [7, 11) is 0. The zero-order valence-electron chi connectivity index (χ0n) is 13.4. The lowest BCUT2D eigenvalue weighted by Gasteiger charge is -2.32. The van der Waals surface area contributed by atoms with Crippen molar-refractivity contribution in [1.82, 2.24) is 10.2 Å². The van der Waals surface area contributed by atoms with Crippen molar-refractivity contribution in [3.05, 3.63) is 0 Å². The monoisotopic (exact) mass is 295 g/mol. The Kier molecular flexibility index (Phi) is 5.25. The molecule has 0 aromatic carbocycles. The highest BCUT2D eigenvalue weighted by atomic mass is 16.2. The van der Waals surface area contributed by atoms with E-state index in [1.54, 1.807) is 0 Å². The summed E-state index contributed by atoms with van der Waals surface area (Å²) >= 11 is 0. The van der Waals surface area contributed by atoms with Gasteiger partial charge in [0.1, 0.15) is 0 Å². The first-order valence-electron chi connectivity index (χ1n) is 8.36. The van der Waals surface area contributed by atoms with Gasteiger partial charge in [0.15, 0.2) is 0 Å². The van der Waals surface area contributed by atoms with Crippen LogP contribution in [0.4, 0.5) is 0 Å². The highest BCUT2D eigenvalue weighted by Gasteiger charge is 2.40. The summed E-state index contributed by atoms with van der Waals surface area (Å²) < 4.78 is 0. The van der Waals surface area contributed by atoms with Crippen molar-refractivity contribution in [2.24, 2.45) is 11.7 Å². The van der Waals surface area contributed by atoms with E-state index >= 15 is 0 Å². The Morgan fingerprint density at radius 3 is 2.48 bits per heavy atom. The van der Waals surface area contributed by atoms with E-state index in [2.05, 4.69) is 5.32 Å². The molecule has 1 aliphatic carbocycles. The molecule has 1 unspecified atom stereocenters. The first-order valence-corrected chi connectivity index (χ1v) is 8.36. The second-order valence-corrected chi connectivity index (χ2v) is 6.57. The van der Waals surface area contributed by atoms with E-state index in [-0.39, 0.29) is 23.3 Å². The van der Waals surface area contributed by atoms with Crippen LogP contribution in [0, 0.1) is 5.92 Å². The maximum Gasteiger partial charge on any atom is 0.225 e. The first-order chi connectivity index (χ1) is 10.0. The van der Waals surface area contributed by atoms with Crippen LogP contribution < -0.4 is 11.1 Å². The predicted octanol–water partition coefficient (Wildman–Crippen LogP) is 1.41. The lowest BCUT2D eigenvalue weighted by atomic mass is 9.91. The van der Waals surface area contributed by atoms with E-state index in [1.165, 1.54) is 12.8 Å². The highest BCUT2D eigenvalue weighted by Crippen LogP contribution is 2.30. The number of carbonyl (C=O) groups is 2. The Balaban J connectivity index is 1.96. The van der Waals surface area contributed by atoms with Crippen molar-refractivity contribution in [1.29, 1.82) is 0 Å². The van der Waals surface area contributed by atoms with E-state index in [4.69, 9.17) is 5.73 Å². The summed E-state index contributed by atoms with van der Waals surface area (Å²) in [5, 5.41) is 3.11. The Hall–Kier alpha value is -1.10. The fourth-order valence-electron chi connectivity index (χ4n) is 3.61. The molecular weight excluding hydrogens is 266 g/mol. The number of nitrogens with two attached hydrogens (primary N) is 1. The number of rotatable bonds is 6. The maximum absolute atomic E-state index is 12.5. The third-order valence-electron chi connectivity index (χ3n) is 5.43. The number of likely N-dealkylation sites (tertiary alicyclic amines) is 1. The number of amides is 2. The first kappa shape index (κ1) is 16.3. The molecule has 0 bridgehead atoms. The van der Waals surface area contributed by atoms with Crippen LogP contribution in [0.1, 0.15) is 58.8 Å². The van der Waals surface area contributed by atoms with Gasteiger partial charge in [-0.15, -0.1) is 0 Å². The Bertz CT molecular complexity index is 379. The Morgan fingerprint density at radius 1 is 1.33 bits per heavy atom. The molecule has 5 nitrogen and oxygen atoms in total. The van der Waals surface area contributed by atoms with E-state index < -0.39 is 0 Å². The van der Waals surface area contributed by atoms with E-state index in [0.717, 1.165) is 25.7 Å². The van der Waals surface area contributed by atoms with Crippen LogP contribution in [0.5, 0.6) is 0 Å². The SMILES string of the molecule is CCC(CC)(CN)NC(=O)C1CC(=O)N(C2CCCC2)C1. The molecular formula is C16H29N3O2. The van der Waals surface area contributed by atoms with Crippen LogP contribution >= 0.6 is 0 Å². The Labute approximate surface area is 127 Å². The standard InChI is InChI=1S/C16H29N3O2/c1-3-16(4-2,11-17)18-15(21)12-9-14(20)19(10-12)13-7-5-6-8-13/h12-13H,3-11,17H2,1-2H3,(H,18,21). The smallest absolute Gasteiger partial charge is 0.225 e. The summed E-state index contributed by atoms with van der Waals surface area (Å²) in [6.07, 6.45) is 6.59. The van der Waals surface area contributed by atoms with E-state index in [9.17, 15) is 9.59 Å². The fraction of sp³-hybridized carbons (Fsp3) is 0.875. The molecule has 0 aromatic rings. The Morgan fingerprint density at radius 2 is 1.95 bits per heavy atom. The van der Waals surface area contributed by atoms with E-state index in [1.807, 2.05) is 18.7 Å². The van der Waals surface area contributed by atoms with Gasteiger partial charge in [0, 0.05) is 25.6 Å². The topological polar surface area (TPSA) is 75.4 Å². The second kappa shape index (κ2) is 6.77. The molecule has 2 aliphatic rings. The van der Waals surface area contributed by atoms with Crippen LogP contribution in [0.15, 0.2) is 0 Å². The van der Waals surface area contributed by atoms with Gasteiger partial charge < -0.3 is 16.0 Å². The van der Waals surface area contributed by atoms with Crippen LogP contribution in [-0.2, 0) is 9.59 Å². The molecule has 0 aromatic heterocycles. The van der Waals surface area contributed by atoms with Gasteiger partial charge in [-0.2, -0.15) is 0 Å². The van der Waals surface area contributed by atoms with Gasteiger partial charge in [0.2, 0.25) is 11.8 Å². The molecule has 1 atom stereocenters. The summed E-state index contributed by atoms with van der Waals surface area (Å²) in [4.78, 5) is 26.6. The second-order valence-electron chi connectivity index (χ2n) is 6.57. The lowest BCUT2D eigenvalue weighted by molar-refractivity contribution is -0.130. The number of carbonyl (C=O) groups excluding carboxylic acids is 2. The number of hydrogen-bond acceptors (Lipinski definition) is 3. The van der Waals surface area contributed by atoms with Crippen molar-refractivity contribution < 1.29 is 9.59 Å². The van der Waals surface area contributed by atoms with Crippen LogP contribution in [0.25, 0.3) is 0 Å². The minimum atomic E-state index is -0.319. The predicted molar refractivity (Wildman–Crippen MR) is 82.6 cm³/mol. The molecule has 0 spiro atoms. The average Bonchev–Trinajstić information content (AvgIpc) is 3.13. The summed E-state index contributed by atoms with van der Waals surface area (Å²) in [5.41, 5.74) is 5.52. The molecule has 1 saturated carbocycles. The molecule has 2 fully saturated rings. The highest BCUT2D eigenvalue weighted by molar-refractivity contribution is 5.89. The van der Waals surface area contributed by atoms with Crippen molar-refractivity contribution in [3.8, 4) is 0 Å². The van der Waals surface area contributed by atoms with Crippen molar-refractivity contribution >= 4 is 11.8 Å². The molecule has 0 radical (unpaired) electrons. The molecule has 2 rings (SSSR count). The van der Waals surface area contributed by atoms with Crippen LogP contribution in [0.2, 0.25) is 0 Å². The molecule has 1 saturated heterocycles. The van der Waals surface area contributed by atoms with Gasteiger partial charge in [0.25, 0.3) is 0 Å². The third-order valence-corrected chi connectivity index (χ3v) is 5.43. The molecule has 1 heterocycles. The molecule has 21 heavy (non-hydrogen) atoms. The largest absolute Gasteiger partial charge is 0.349 e. The molecule has 120 valence electrons. The minimum Gasteiger partial charge on any atom is -0.349 e. The van der Waals surface area contributed by atoms with Gasteiger partial charge in [-0.1, -0.05) is 26.7 Å². The summed E-state index contributed by atoms with van der Waals surface area (Å²) in [5.74, 6) is -0.0616. The van der Waals surface area contributed by atoms with Crippen molar-refractivity contribution in [2.45, 2.75) is 70.4 Å². The number of nitrogens with zero attached hydrogens (tertiary/aromatic N) is 1. The quantitative estimate of drug-likeness (QED) is 0.778. The molecule has 3 N–H and O–H groups in total. The van der Waals surface area contributed by atoms with Gasteiger partial charge in [-0.25, -0.2) is 0 Å². The number of hydrogen-bond donors (Lipinski definition) is 2. The molecule has 2 amide bonds. The van der Waals surface area contributed by atoms with Gasteiger partial charge in [0.05, 0.1) is 11.5 Å².